The molecule has 2 aliphatic heterocycles. The highest BCUT2D eigenvalue weighted by Crippen LogP contribution is 2.50. The third kappa shape index (κ3) is 1.11. The van der Waals surface area contributed by atoms with Crippen LogP contribution in [0.25, 0.3) is 0 Å². The Morgan fingerprint density at radius 1 is 1.36 bits per heavy atom. The predicted molar refractivity (Wildman–Crippen MR) is 49.7 cm³/mol. The maximum Gasteiger partial charge on any atom is 0.309 e. The van der Waals surface area contributed by atoms with Gasteiger partial charge in [-0.25, -0.2) is 0 Å². The minimum absolute atomic E-state index is 0.0242. The van der Waals surface area contributed by atoms with Gasteiger partial charge in [-0.15, -0.1) is 0 Å². The maximum absolute atomic E-state index is 11.6. The van der Waals surface area contributed by atoms with Crippen molar-refractivity contribution >= 4 is 5.97 Å². The average Bonchev–Trinajstić information content (AvgIpc) is 2.30. The summed E-state index contributed by atoms with van der Waals surface area (Å²) >= 11 is 0. The fourth-order valence-corrected chi connectivity index (χ4v) is 3.62. The summed E-state index contributed by atoms with van der Waals surface area (Å²) in [6.45, 7) is 0. The van der Waals surface area contributed by atoms with Crippen LogP contribution >= 0.6 is 0 Å². The molecule has 0 N–H and O–H groups in total. The molecule has 0 aromatic heterocycles. The third-order valence-electron chi connectivity index (χ3n) is 4.14. The molecule has 2 saturated heterocycles. The zero-order chi connectivity index (χ0) is 9.76. The molecule has 14 heavy (non-hydrogen) atoms. The van der Waals surface area contributed by atoms with Crippen molar-refractivity contribution in [3.63, 3.8) is 0 Å². The molecule has 4 unspecified atom stereocenters. The van der Waals surface area contributed by atoms with Crippen LogP contribution in [0.1, 0.15) is 32.1 Å². The van der Waals surface area contributed by atoms with Gasteiger partial charge >= 0.3 is 5.97 Å². The number of methoxy groups -OCH3 is 1. The van der Waals surface area contributed by atoms with Crippen molar-refractivity contribution < 1.29 is 14.3 Å². The Balaban J connectivity index is 1.97. The van der Waals surface area contributed by atoms with Crippen molar-refractivity contribution in [2.24, 2.45) is 11.8 Å². The van der Waals surface area contributed by atoms with Crippen molar-refractivity contribution in [3.05, 3.63) is 0 Å². The van der Waals surface area contributed by atoms with Crippen LogP contribution in [0, 0.1) is 11.8 Å². The molecular weight excluding hydrogens is 180 g/mol. The molecule has 4 atom stereocenters. The van der Waals surface area contributed by atoms with Gasteiger partial charge < -0.3 is 9.47 Å². The van der Waals surface area contributed by atoms with E-state index in [4.69, 9.17) is 9.47 Å². The molecular formula is C11H16O3. The summed E-state index contributed by atoms with van der Waals surface area (Å²) in [7, 11) is 1.78. The van der Waals surface area contributed by atoms with Crippen LogP contribution in [0.15, 0.2) is 0 Å². The van der Waals surface area contributed by atoms with E-state index in [1.54, 1.807) is 7.11 Å². The van der Waals surface area contributed by atoms with Gasteiger partial charge in [-0.1, -0.05) is 0 Å². The van der Waals surface area contributed by atoms with Gasteiger partial charge in [-0.2, -0.15) is 0 Å². The summed E-state index contributed by atoms with van der Waals surface area (Å²) in [5.74, 6) is 0.788. The first kappa shape index (κ1) is 8.72. The quantitative estimate of drug-likeness (QED) is 0.596. The number of hydrogen-bond acceptors (Lipinski definition) is 3. The first-order chi connectivity index (χ1) is 6.71. The van der Waals surface area contributed by atoms with Crippen LogP contribution in [0.2, 0.25) is 0 Å². The van der Waals surface area contributed by atoms with Crippen molar-refractivity contribution in [1.29, 1.82) is 0 Å². The fourth-order valence-electron chi connectivity index (χ4n) is 3.62. The molecule has 78 valence electrons. The van der Waals surface area contributed by atoms with Gasteiger partial charge in [0.15, 0.2) is 0 Å². The molecule has 4 fully saturated rings. The van der Waals surface area contributed by atoms with E-state index in [1.807, 2.05) is 0 Å². The Bertz CT molecular complexity index is 276. The van der Waals surface area contributed by atoms with E-state index in [0.717, 1.165) is 32.1 Å². The number of carbonyl (C=O) groups is 1. The average molecular weight is 196 g/mol. The summed E-state index contributed by atoms with van der Waals surface area (Å²) in [6.07, 6.45) is 5.16. The highest BCUT2D eigenvalue weighted by Gasteiger charge is 2.52. The summed E-state index contributed by atoms with van der Waals surface area (Å²) in [5.41, 5.74) is -0.0390. The van der Waals surface area contributed by atoms with Gasteiger partial charge in [0.05, 0.1) is 11.5 Å². The Morgan fingerprint density at radius 2 is 2.21 bits per heavy atom. The molecule has 0 aromatic carbocycles. The van der Waals surface area contributed by atoms with E-state index in [9.17, 15) is 4.79 Å². The molecule has 0 spiro atoms. The number of rotatable bonds is 1. The molecule has 2 aliphatic carbocycles. The summed E-state index contributed by atoms with van der Waals surface area (Å²) in [4.78, 5) is 11.6. The smallest absolute Gasteiger partial charge is 0.309 e. The lowest BCUT2D eigenvalue weighted by Gasteiger charge is -2.45. The van der Waals surface area contributed by atoms with E-state index in [-0.39, 0.29) is 23.6 Å². The largest absolute Gasteiger partial charge is 0.462 e. The first-order valence-electron chi connectivity index (χ1n) is 5.46. The second-order valence-electron chi connectivity index (χ2n) is 5.09. The zero-order valence-corrected chi connectivity index (χ0v) is 8.49. The van der Waals surface area contributed by atoms with Crippen LogP contribution in [-0.2, 0) is 14.3 Å². The first-order valence-corrected chi connectivity index (χ1v) is 5.46. The number of esters is 1. The van der Waals surface area contributed by atoms with E-state index in [2.05, 4.69) is 0 Å². The Kier molecular flexibility index (Phi) is 1.69. The molecule has 0 amide bonds. The highest BCUT2D eigenvalue weighted by molar-refractivity contribution is 5.73. The maximum atomic E-state index is 11.6. The highest BCUT2D eigenvalue weighted by atomic mass is 16.6. The zero-order valence-electron chi connectivity index (χ0n) is 8.49. The third-order valence-corrected chi connectivity index (χ3v) is 4.14. The minimum Gasteiger partial charge on any atom is -0.462 e. The van der Waals surface area contributed by atoms with Gasteiger partial charge in [-0.3, -0.25) is 4.79 Å². The van der Waals surface area contributed by atoms with E-state index >= 15 is 0 Å². The van der Waals surface area contributed by atoms with Crippen LogP contribution < -0.4 is 0 Å². The molecule has 0 aromatic rings. The fraction of sp³-hybridized carbons (Fsp3) is 0.909. The topological polar surface area (TPSA) is 35.5 Å². The number of ether oxygens (including phenoxy) is 2. The second-order valence-corrected chi connectivity index (χ2v) is 5.09. The Hall–Kier alpha value is -0.570. The molecule has 2 saturated carbocycles. The summed E-state index contributed by atoms with van der Waals surface area (Å²) in [5, 5.41) is 0. The lowest BCUT2D eigenvalue weighted by Crippen LogP contribution is -2.46. The Labute approximate surface area is 83.8 Å². The van der Waals surface area contributed by atoms with Gasteiger partial charge in [0.2, 0.25) is 0 Å². The van der Waals surface area contributed by atoms with Crippen LogP contribution in [0.3, 0.4) is 0 Å². The van der Waals surface area contributed by atoms with Gasteiger partial charge in [0.25, 0.3) is 0 Å². The molecule has 4 rings (SSSR count). The summed E-state index contributed by atoms with van der Waals surface area (Å²) < 4.78 is 11.1. The normalized spacial score (nSPS) is 50.4. The SMILES string of the molecule is COC12CC3CC(C1)OC(=O)C(C3)C2. The minimum atomic E-state index is -0.0390. The Morgan fingerprint density at radius 3 is 3.00 bits per heavy atom. The van der Waals surface area contributed by atoms with Crippen molar-refractivity contribution in [1.82, 2.24) is 0 Å². The number of fused-ring (bicyclic) bond motifs is 1. The molecule has 4 aliphatic rings. The van der Waals surface area contributed by atoms with Gasteiger partial charge in [0.1, 0.15) is 6.10 Å². The number of carbonyl (C=O) groups excluding carboxylic acids is 1. The monoisotopic (exact) mass is 196 g/mol. The van der Waals surface area contributed by atoms with Crippen LogP contribution in [0.5, 0.6) is 0 Å². The lowest BCUT2D eigenvalue weighted by atomic mass is 9.65. The molecule has 3 nitrogen and oxygen atoms in total. The predicted octanol–water partition coefficient (Wildman–Crippen LogP) is 1.51. The second kappa shape index (κ2) is 2.72. The molecule has 0 radical (unpaired) electrons. The van der Waals surface area contributed by atoms with Gasteiger partial charge in [0, 0.05) is 13.5 Å². The standard InChI is InChI=1S/C11H16O3/c1-13-11-4-7-2-8(5-11)10(12)14-9(3-7)6-11/h7-9H,2-6H2,1H3. The van der Waals surface area contributed by atoms with E-state index in [1.165, 1.54) is 0 Å². The lowest BCUT2D eigenvalue weighted by molar-refractivity contribution is -0.151. The van der Waals surface area contributed by atoms with Crippen molar-refractivity contribution in [2.45, 2.75) is 43.8 Å². The van der Waals surface area contributed by atoms with Crippen LogP contribution in [0.4, 0.5) is 0 Å². The number of hydrogen-bond donors (Lipinski definition) is 0. The van der Waals surface area contributed by atoms with Crippen molar-refractivity contribution in [3.8, 4) is 0 Å². The molecule has 4 bridgehead atoms. The molecule has 2 heterocycles. The summed E-state index contributed by atoms with van der Waals surface area (Å²) in [6, 6.07) is 0. The molecule has 3 heteroatoms. The van der Waals surface area contributed by atoms with Gasteiger partial charge in [-0.05, 0) is 31.6 Å². The van der Waals surface area contributed by atoms with Crippen LogP contribution in [-0.4, -0.2) is 24.8 Å². The van der Waals surface area contributed by atoms with E-state index < -0.39 is 0 Å². The van der Waals surface area contributed by atoms with Crippen molar-refractivity contribution in [2.75, 3.05) is 7.11 Å². The van der Waals surface area contributed by atoms with E-state index in [0.29, 0.717) is 5.92 Å².